The van der Waals surface area contributed by atoms with Crippen LogP contribution in [0.3, 0.4) is 0 Å². The standard InChI is InChI=1S/C10H20O5/c1-2-3-4-9(11)7-14-5-6-15-8-10(12)13/h9,11H,2-8H2,1H3,(H,12,13). The summed E-state index contributed by atoms with van der Waals surface area (Å²) >= 11 is 0. The van der Waals surface area contributed by atoms with Crippen LogP contribution in [0, 0.1) is 0 Å². The molecule has 0 aliphatic heterocycles. The topological polar surface area (TPSA) is 76.0 Å². The quantitative estimate of drug-likeness (QED) is 0.529. The largest absolute Gasteiger partial charge is 0.480 e. The van der Waals surface area contributed by atoms with Gasteiger partial charge in [0.2, 0.25) is 0 Å². The van der Waals surface area contributed by atoms with Crippen LogP contribution < -0.4 is 0 Å². The Labute approximate surface area is 90.0 Å². The van der Waals surface area contributed by atoms with Gasteiger partial charge in [-0.05, 0) is 6.42 Å². The molecule has 0 amide bonds. The van der Waals surface area contributed by atoms with Gasteiger partial charge in [-0.3, -0.25) is 0 Å². The van der Waals surface area contributed by atoms with Crippen molar-refractivity contribution in [1.82, 2.24) is 0 Å². The number of rotatable bonds is 10. The fourth-order valence-electron chi connectivity index (χ4n) is 1.02. The predicted octanol–water partition coefficient (Wildman–Crippen LogP) is 0.655. The third kappa shape index (κ3) is 11.3. The molecule has 0 saturated heterocycles. The van der Waals surface area contributed by atoms with Crippen molar-refractivity contribution in [1.29, 1.82) is 0 Å². The maximum absolute atomic E-state index is 10.1. The summed E-state index contributed by atoms with van der Waals surface area (Å²) in [5.41, 5.74) is 0. The van der Waals surface area contributed by atoms with Crippen LogP contribution in [-0.2, 0) is 14.3 Å². The van der Waals surface area contributed by atoms with Crippen LogP contribution in [0.25, 0.3) is 0 Å². The minimum absolute atomic E-state index is 0.243. The second kappa shape index (κ2) is 9.89. The van der Waals surface area contributed by atoms with Crippen LogP contribution in [0.4, 0.5) is 0 Å². The molecule has 0 aliphatic carbocycles. The van der Waals surface area contributed by atoms with Gasteiger partial charge in [-0.15, -0.1) is 0 Å². The zero-order chi connectivity index (χ0) is 11.5. The van der Waals surface area contributed by atoms with Crippen LogP contribution >= 0.6 is 0 Å². The lowest BCUT2D eigenvalue weighted by Crippen LogP contribution is -2.18. The molecule has 90 valence electrons. The Bertz CT molecular complexity index is 160. The first-order valence-corrected chi connectivity index (χ1v) is 5.22. The van der Waals surface area contributed by atoms with E-state index >= 15 is 0 Å². The molecule has 5 nitrogen and oxygen atoms in total. The molecule has 0 rings (SSSR count). The highest BCUT2D eigenvalue weighted by Gasteiger charge is 2.03. The number of aliphatic hydroxyl groups is 1. The maximum atomic E-state index is 10.1. The molecule has 0 fully saturated rings. The van der Waals surface area contributed by atoms with Crippen molar-refractivity contribution in [3.63, 3.8) is 0 Å². The second-order valence-corrected chi connectivity index (χ2v) is 3.32. The van der Waals surface area contributed by atoms with Crippen molar-refractivity contribution < 1.29 is 24.5 Å². The number of carboxylic acids is 1. The third-order valence-electron chi connectivity index (χ3n) is 1.80. The van der Waals surface area contributed by atoms with Gasteiger partial charge in [0.25, 0.3) is 0 Å². The molecule has 0 aliphatic rings. The minimum atomic E-state index is -0.988. The minimum Gasteiger partial charge on any atom is -0.480 e. The summed E-state index contributed by atoms with van der Waals surface area (Å²) in [5, 5.41) is 17.6. The van der Waals surface area contributed by atoms with Gasteiger partial charge in [-0.25, -0.2) is 4.79 Å². The zero-order valence-corrected chi connectivity index (χ0v) is 9.15. The summed E-state index contributed by atoms with van der Waals surface area (Å²) in [6.45, 7) is 2.61. The van der Waals surface area contributed by atoms with Crippen molar-refractivity contribution in [3.8, 4) is 0 Å². The van der Waals surface area contributed by atoms with E-state index in [0.717, 1.165) is 19.3 Å². The molecule has 0 radical (unpaired) electrons. The molecule has 0 aromatic rings. The van der Waals surface area contributed by atoms with Gasteiger partial charge >= 0.3 is 5.97 Å². The normalized spacial score (nSPS) is 12.7. The number of carboxylic acid groups (broad SMARTS) is 1. The van der Waals surface area contributed by atoms with E-state index in [4.69, 9.17) is 14.6 Å². The van der Waals surface area contributed by atoms with Crippen LogP contribution in [0.2, 0.25) is 0 Å². The van der Waals surface area contributed by atoms with E-state index < -0.39 is 12.1 Å². The molecule has 0 heterocycles. The van der Waals surface area contributed by atoms with Gasteiger partial charge in [0.15, 0.2) is 0 Å². The first kappa shape index (κ1) is 14.3. The summed E-state index contributed by atoms with van der Waals surface area (Å²) < 4.78 is 9.86. The highest BCUT2D eigenvalue weighted by molar-refractivity contribution is 5.67. The lowest BCUT2D eigenvalue weighted by Gasteiger charge is -2.10. The molecule has 0 aromatic heterocycles. The van der Waals surface area contributed by atoms with Crippen LogP contribution in [0.1, 0.15) is 26.2 Å². The number of aliphatic hydroxyl groups excluding tert-OH is 1. The van der Waals surface area contributed by atoms with Crippen molar-refractivity contribution in [2.45, 2.75) is 32.3 Å². The monoisotopic (exact) mass is 220 g/mol. The van der Waals surface area contributed by atoms with E-state index in [1.807, 2.05) is 0 Å². The number of unbranched alkanes of at least 4 members (excludes halogenated alkanes) is 1. The van der Waals surface area contributed by atoms with Crippen LogP contribution in [-0.4, -0.2) is 48.7 Å². The first-order valence-electron chi connectivity index (χ1n) is 5.22. The number of hydrogen-bond acceptors (Lipinski definition) is 4. The van der Waals surface area contributed by atoms with E-state index in [9.17, 15) is 9.90 Å². The van der Waals surface area contributed by atoms with E-state index in [0.29, 0.717) is 6.61 Å². The Morgan fingerprint density at radius 1 is 1.33 bits per heavy atom. The third-order valence-corrected chi connectivity index (χ3v) is 1.80. The summed E-state index contributed by atoms with van der Waals surface area (Å²) in [6, 6.07) is 0. The van der Waals surface area contributed by atoms with Crippen molar-refractivity contribution in [3.05, 3.63) is 0 Å². The summed E-state index contributed by atoms with van der Waals surface area (Å²) in [6.07, 6.45) is 2.36. The van der Waals surface area contributed by atoms with E-state index in [1.165, 1.54) is 0 Å². The molecule has 0 aromatic carbocycles. The second-order valence-electron chi connectivity index (χ2n) is 3.32. The van der Waals surface area contributed by atoms with Gasteiger partial charge in [0.1, 0.15) is 6.61 Å². The Balaban J connectivity index is 3.12. The SMILES string of the molecule is CCCCC(O)COCCOCC(=O)O. The first-order chi connectivity index (χ1) is 7.16. The number of hydrogen-bond donors (Lipinski definition) is 2. The summed E-state index contributed by atoms with van der Waals surface area (Å²) in [4.78, 5) is 10.1. The zero-order valence-electron chi connectivity index (χ0n) is 9.15. The Kier molecular flexibility index (Phi) is 9.46. The molecular weight excluding hydrogens is 200 g/mol. The van der Waals surface area contributed by atoms with E-state index in [2.05, 4.69) is 6.92 Å². The van der Waals surface area contributed by atoms with E-state index in [-0.39, 0.29) is 19.8 Å². The fraction of sp³-hybridized carbons (Fsp3) is 0.900. The fourth-order valence-corrected chi connectivity index (χ4v) is 1.02. The molecule has 1 unspecified atom stereocenters. The average Bonchev–Trinajstić information content (AvgIpc) is 2.19. The number of ether oxygens (including phenoxy) is 2. The van der Waals surface area contributed by atoms with Gasteiger partial charge in [-0.1, -0.05) is 19.8 Å². The Morgan fingerprint density at radius 2 is 2.00 bits per heavy atom. The van der Waals surface area contributed by atoms with Crippen LogP contribution in [0.5, 0.6) is 0 Å². The van der Waals surface area contributed by atoms with Crippen molar-refractivity contribution >= 4 is 5.97 Å². The highest BCUT2D eigenvalue weighted by atomic mass is 16.5. The predicted molar refractivity (Wildman–Crippen MR) is 54.8 cm³/mol. The molecule has 0 spiro atoms. The smallest absolute Gasteiger partial charge is 0.329 e. The molecule has 5 heteroatoms. The molecular formula is C10H20O5. The highest BCUT2D eigenvalue weighted by Crippen LogP contribution is 2.00. The van der Waals surface area contributed by atoms with Crippen LogP contribution in [0.15, 0.2) is 0 Å². The molecule has 15 heavy (non-hydrogen) atoms. The van der Waals surface area contributed by atoms with Gasteiger partial charge in [-0.2, -0.15) is 0 Å². The summed E-state index contributed by atoms with van der Waals surface area (Å²) in [7, 11) is 0. The maximum Gasteiger partial charge on any atom is 0.329 e. The molecule has 1 atom stereocenters. The van der Waals surface area contributed by atoms with Gasteiger partial charge < -0.3 is 19.7 Å². The summed E-state index contributed by atoms with van der Waals surface area (Å²) in [5.74, 6) is -0.988. The van der Waals surface area contributed by atoms with Crippen molar-refractivity contribution in [2.24, 2.45) is 0 Å². The lowest BCUT2D eigenvalue weighted by atomic mass is 10.2. The lowest BCUT2D eigenvalue weighted by molar-refractivity contribution is -0.142. The van der Waals surface area contributed by atoms with Gasteiger partial charge in [0, 0.05) is 0 Å². The molecule has 0 bridgehead atoms. The van der Waals surface area contributed by atoms with Crippen molar-refractivity contribution in [2.75, 3.05) is 26.4 Å². The number of aliphatic carboxylic acids is 1. The number of carbonyl (C=O) groups is 1. The Morgan fingerprint density at radius 3 is 2.60 bits per heavy atom. The van der Waals surface area contributed by atoms with E-state index in [1.54, 1.807) is 0 Å². The average molecular weight is 220 g/mol. The Hall–Kier alpha value is -0.650. The molecule has 0 saturated carbocycles. The molecule has 2 N–H and O–H groups in total. The van der Waals surface area contributed by atoms with Gasteiger partial charge in [0.05, 0.1) is 25.9 Å².